The molecule has 0 aromatic heterocycles. The van der Waals surface area contributed by atoms with Crippen LogP contribution in [0.2, 0.25) is 0 Å². The standard InChI is InChI=1S/C4H5FO4/c5-3(6)1-9-2-4(7)8/h1-2H2,(H,7,8). The molecular formula is C4H5FO4. The first-order valence-electron chi connectivity index (χ1n) is 2.11. The van der Waals surface area contributed by atoms with Crippen molar-refractivity contribution >= 4 is 12.0 Å². The van der Waals surface area contributed by atoms with Gasteiger partial charge in [-0.25, -0.2) is 4.79 Å². The Hall–Kier alpha value is -0.970. The van der Waals surface area contributed by atoms with Crippen molar-refractivity contribution in [3.8, 4) is 0 Å². The summed E-state index contributed by atoms with van der Waals surface area (Å²) in [6.07, 6.45) is 0. The highest BCUT2D eigenvalue weighted by Crippen LogP contribution is 1.77. The van der Waals surface area contributed by atoms with Crippen LogP contribution in [0.3, 0.4) is 0 Å². The Balaban J connectivity index is 3.10. The highest BCUT2D eigenvalue weighted by molar-refractivity contribution is 5.71. The van der Waals surface area contributed by atoms with Gasteiger partial charge in [0.25, 0.3) is 0 Å². The molecule has 0 bridgehead atoms. The Bertz CT molecular complexity index is 108. The van der Waals surface area contributed by atoms with Crippen LogP contribution in [0.25, 0.3) is 0 Å². The summed E-state index contributed by atoms with van der Waals surface area (Å²) in [4.78, 5) is 19.1. The van der Waals surface area contributed by atoms with Crippen LogP contribution in [0.1, 0.15) is 0 Å². The van der Waals surface area contributed by atoms with Crippen LogP contribution in [-0.4, -0.2) is 30.3 Å². The van der Waals surface area contributed by atoms with Crippen molar-refractivity contribution in [3.05, 3.63) is 0 Å². The molecule has 0 rings (SSSR count). The summed E-state index contributed by atoms with van der Waals surface area (Å²) in [5.41, 5.74) is 0. The fraction of sp³-hybridized carbons (Fsp3) is 0.500. The number of carbonyl (C=O) groups excluding carboxylic acids is 1. The van der Waals surface area contributed by atoms with Crippen LogP contribution in [0.5, 0.6) is 0 Å². The van der Waals surface area contributed by atoms with Gasteiger partial charge in [0.05, 0.1) is 0 Å². The molecule has 0 aliphatic carbocycles. The van der Waals surface area contributed by atoms with Crippen molar-refractivity contribution in [1.82, 2.24) is 0 Å². The lowest BCUT2D eigenvalue weighted by Crippen LogP contribution is -2.10. The number of carboxylic acids is 1. The Morgan fingerprint density at radius 2 is 2.00 bits per heavy atom. The normalized spacial score (nSPS) is 9.00. The molecule has 0 spiro atoms. The van der Waals surface area contributed by atoms with Crippen LogP contribution in [0.4, 0.5) is 4.39 Å². The molecule has 1 N–H and O–H groups in total. The average molecular weight is 136 g/mol. The number of aliphatic carboxylic acids is 1. The summed E-state index contributed by atoms with van der Waals surface area (Å²) in [5.74, 6) is -1.23. The summed E-state index contributed by atoms with van der Waals surface area (Å²) >= 11 is 0. The van der Waals surface area contributed by atoms with Crippen molar-refractivity contribution in [2.45, 2.75) is 0 Å². The molecule has 0 saturated heterocycles. The number of carboxylic acid groups (broad SMARTS) is 1. The number of ether oxygens (including phenoxy) is 1. The SMILES string of the molecule is O=C(O)COCC(=O)F. The molecule has 0 fully saturated rings. The molecule has 0 atom stereocenters. The summed E-state index contributed by atoms with van der Waals surface area (Å²) in [7, 11) is 0. The van der Waals surface area contributed by atoms with E-state index >= 15 is 0 Å². The first-order valence-corrected chi connectivity index (χ1v) is 2.11. The van der Waals surface area contributed by atoms with Crippen LogP contribution in [-0.2, 0) is 14.3 Å². The summed E-state index contributed by atoms with van der Waals surface area (Å²) in [6.45, 7) is -1.43. The van der Waals surface area contributed by atoms with E-state index < -0.39 is 25.2 Å². The van der Waals surface area contributed by atoms with Gasteiger partial charge >= 0.3 is 12.0 Å². The van der Waals surface area contributed by atoms with Crippen molar-refractivity contribution in [2.75, 3.05) is 13.2 Å². The molecule has 0 aliphatic heterocycles. The van der Waals surface area contributed by atoms with Gasteiger partial charge in [0.15, 0.2) is 0 Å². The third-order valence-corrected chi connectivity index (χ3v) is 0.441. The van der Waals surface area contributed by atoms with Gasteiger partial charge < -0.3 is 9.84 Å². The van der Waals surface area contributed by atoms with E-state index in [0.717, 1.165) is 0 Å². The zero-order chi connectivity index (χ0) is 7.28. The zero-order valence-corrected chi connectivity index (χ0v) is 4.46. The van der Waals surface area contributed by atoms with E-state index in [1.165, 1.54) is 0 Å². The minimum absolute atomic E-state index is 0.643. The highest BCUT2D eigenvalue weighted by Gasteiger charge is 1.99. The monoisotopic (exact) mass is 136 g/mol. The van der Waals surface area contributed by atoms with Gasteiger partial charge in [-0.15, -0.1) is 0 Å². The van der Waals surface area contributed by atoms with Gasteiger partial charge in [-0.2, -0.15) is 4.39 Å². The second kappa shape index (κ2) is 3.96. The lowest BCUT2D eigenvalue weighted by atomic mass is 10.7. The molecule has 0 aromatic carbocycles. The topological polar surface area (TPSA) is 63.6 Å². The van der Waals surface area contributed by atoms with Gasteiger partial charge in [-0.1, -0.05) is 0 Å². The van der Waals surface area contributed by atoms with E-state index in [9.17, 15) is 14.0 Å². The number of hydrogen-bond acceptors (Lipinski definition) is 3. The molecule has 0 aliphatic rings. The van der Waals surface area contributed by atoms with E-state index in [4.69, 9.17) is 5.11 Å². The molecule has 0 amide bonds. The molecule has 5 heteroatoms. The molecule has 0 radical (unpaired) electrons. The lowest BCUT2D eigenvalue weighted by Gasteiger charge is -1.91. The Morgan fingerprint density at radius 3 is 2.33 bits per heavy atom. The van der Waals surface area contributed by atoms with Crippen LogP contribution in [0, 0.1) is 0 Å². The second-order valence-electron chi connectivity index (χ2n) is 1.24. The van der Waals surface area contributed by atoms with E-state index in [1.807, 2.05) is 0 Å². The predicted molar refractivity (Wildman–Crippen MR) is 24.6 cm³/mol. The number of rotatable bonds is 4. The molecule has 0 aromatic rings. The van der Waals surface area contributed by atoms with Gasteiger partial charge in [0, 0.05) is 0 Å². The maximum absolute atomic E-state index is 11.2. The molecular weight excluding hydrogens is 131 g/mol. The Kier molecular flexibility index (Phi) is 3.54. The third kappa shape index (κ3) is 7.03. The quantitative estimate of drug-likeness (QED) is 0.533. The number of hydrogen-bond donors (Lipinski definition) is 1. The highest BCUT2D eigenvalue weighted by atomic mass is 19.1. The van der Waals surface area contributed by atoms with E-state index in [-0.39, 0.29) is 0 Å². The molecule has 0 saturated carbocycles. The van der Waals surface area contributed by atoms with E-state index in [2.05, 4.69) is 4.74 Å². The van der Waals surface area contributed by atoms with Gasteiger partial charge in [-0.05, 0) is 0 Å². The molecule has 9 heavy (non-hydrogen) atoms. The molecule has 0 heterocycles. The molecule has 52 valence electrons. The minimum Gasteiger partial charge on any atom is -0.480 e. The Morgan fingerprint density at radius 1 is 1.44 bits per heavy atom. The fourth-order valence-electron chi connectivity index (χ4n) is 0.219. The second-order valence-corrected chi connectivity index (χ2v) is 1.24. The van der Waals surface area contributed by atoms with Crippen LogP contribution < -0.4 is 0 Å². The van der Waals surface area contributed by atoms with Crippen molar-refractivity contribution < 1.29 is 23.8 Å². The smallest absolute Gasteiger partial charge is 0.329 e. The lowest BCUT2D eigenvalue weighted by molar-refractivity contribution is -0.145. The summed E-state index contributed by atoms with van der Waals surface area (Å²) in [6, 6.07) is -1.67. The van der Waals surface area contributed by atoms with Crippen molar-refractivity contribution in [3.63, 3.8) is 0 Å². The maximum atomic E-state index is 11.2. The fourth-order valence-corrected chi connectivity index (χ4v) is 0.219. The van der Waals surface area contributed by atoms with Crippen molar-refractivity contribution in [2.24, 2.45) is 0 Å². The summed E-state index contributed by atoms with van der Waals surface area (Å²) < 4.78 is 15.2. The third-order valence-electron chi connectivity index (χ3n) is 0.441. The largest absolute Gasteiger partial charge is 0.480 e. The maximum Gasteiger partial charge on any atom is 0.329 e. The van der Waals surface area contributed by atoms with Crippen molar-refractivity contribution in [1.29, 1.82) is 0 Å². The van der Waals surface area contributed by atoms with Crippen LogP contribution in [0.15, 0.2) is 0 Å². The summed E-state index contributed by atoms with van der Waals surface area (Å²) in [5, 5.41) is 7.87. The molecule has 4 nitrogen and oxygen atoms in total. The first-order chi connectivity index (χ1) is 4.13. The minimum atomic E-state index is -1.67. The number of halogens is 1. The Labute approximate surface area is 50.2 Å². The van der Waals surface area contributed by atoms with Gasteiger partial charge in [0.2, 0.25) is 0 Å². The average Bonchev–Trinajstić information content (AvgIpc) is 1.63. The van der Waals surface area contributed by atoms with Crippen LogP contribution >= 0.6 is 0 Å². The number of carbonyl (C=O) groups is 2. The van der Waals surface area contributed by atoms with Gasteiger partial charge in [-0.3, -0.25) is 4.79 Å². The zero-order valence-electron chi connectivity index (χ0n) is 4.46. The van der Waals surface area contributed by atoms with E-state index in [0.29, 0.717) is 0 Å². The predicted octanol–water partition coefficient (Wildman–Crippen LogP) is -0.416. The van der Waals surface area contributed by atoms with E-state index in [1.54, 1.807) is 0 Å². The first kappa shape index (κ1) is 8.03. The molecule has 0 unspecified atom stereocenters. The van der Waals surface area contributed by atoms with Gasteiger partial charge in [0.1, 0.15) is 13.2 Å².